The predicted molar refractivity (Wildman–Crippen MR) is 128 cm³/mol. The van der Waals surface area contributed by atoms with Crippen LogP contribution in [0, 0.1) is 0 Å². The number of anilines is 2. The SMILES string of the molecule is CC(=O)Nc1ccc(Cl)cc1C(=O)C(=O)NCCCCNc1ccnc2cc(Cl)ccc12. The number of amides is 2. The Morgan fingerprint density at radius 2 is 1.62 bits per heavy atom. The van der Waals surface area contributed by atoms with E-state index >= 15 is 0 Å². The number of carbonyl (C=O) groups excluding carboxylic acids is 3. The Balaban J connectivity index is 1.47. The van der Waals surface area contributed by atoms with E-state index in [0.29, 0.717) is 29.6 Å². The van der Waals surface area contributed by atoms with Crippen LogP contribution in [0.5, 0.6) is 0 Å². The minimum absolute atomic E-state index is 0.0523. The summed E-state index contributed by atoms with van der Waals surface area (Å²) in [6, 6.07) is 11.8. The third-order valence-electron chi connectivity index (χ3n) is 4.65. The maximum atomic E-state index is 12.5. The lowest BCUT2D eigenvalue weighted by atomic mass is 10.1. The first-order chi connectivity index (χ1) is 15.3. The van der Waals surface area contributed by atoms with Gasteiger partial charge >= 0.3 is 0 Å². The first kappa shape index (κ1) is 23.5. The number of halogens is 2. The molecule has 3 aromatic rings. The number of hydrogen-bond acceptors (Lipinski definition) is 5. The zero-order valence-corrected chi connectivity index (χ0v) is 18.9. The normalized spacial score (nSPS) is 10.6. The summed E-state index contributed by atoms with van der Waals surface area (Å²) in [5, 5.41) is 10.4. The highest BCUT2D eigenvalue weighted by Crippen LogP contribution is 2.24. The zero-order valence-electron chi connectivity index (χ0n) is 17.4. The van der Waals surface area contributed by atoms with Gasteiger partial charge < -0.3 is 16.0 Å². The summed E-state index contributed by atoms with van der Waals surface area (Å²) in [5.41, 5.74) is 2.07. The number of rotatable bonds is 9. The summed E-state index contributed by atoms with van der Waals surface area (Å²) in [4.78, 5) is 40.4. The number of Topliss-reactive ketones (excluding diaryl/α,β-unsaturated/α-hetero) is 1. The number of nitrogens with one attached hydrogen (secondary N) is 3. The monoisotopic (exact) mass is 472 g/mol. The maximum Gasteiger partial charge on any atom is 0.292 e. The van der Waals surface area contributed by atoms with E-state index in [-0.39, 0.29) is 17.2 Å². The maximum absolute atomic E-state index is 12.5. The third-order valence-corrected chi connectivity index (χ3v) is 5.12. The van der Waals surface area contributed by atoms with Crippen molar-refractivity contribution in [1.29, 1.82) is 0 Å². The van der Waals surface area contributed by atoms with E-state index in [0.717, 1.165) is 23.0 Å². The lowest BCUT2D eigenvalue weighted by molar-refractivity contribution is -0.117. The van der Waals surface area contributed by atoms with Crippen LogP contribution < -0.4 is 16.0 Å². The largest absolute Gasteiger partial charge is 0.384 e. The van der Waals surface area contributed by atoms with Crippen molar-refractivity contribution in [3.63, 3.8) is 0 Å². The minimum Gasteiger partial charge on any atom is -0.384 e. The molecule has 32 heavy (non-hydrogen) atoms. The van der Waals surface area contributed by atoms with E-state index in [1.807, 2.05) is 24.3 Å². The number of aromatic nitrogens is 1. The molecule has 0 unspecified atom stereocenters. The molecule has 0 spiro atoms. The van der Waals surface area contributed by atoms with Gasteiger partial charge in [0, 0.05) is 47.3 Å². The van der Waals surface area contributed by atoms with Crippen LogP contribution in [0.3, 0.4) is 0 Å². The standard InChI is InChI=1S/C23H22Cl2N4O3/c1-14(30)29-20-7-5-15(24)12-18(20)22(31)23(32)28-10-3-2-9-26-19-8-11-27-21-13-16(25)4-6-17(19)21/h4-8,11-13H,2-3,9-10H2,1H3,(H,26,27)(H,28,32)(H,29,30). The second-order valence-electron chi connectivity index (χ2n) is 7.11. The molecule has 3 rings (SSSR count). The van der Waals surface area contributed by atoms with Crippen molar-refractivity contribution in [2.24, 2.45) is 0 Å². The van der Waals surface area contributed by atoms with Crippen LogP contribution in [0.15, 0.2) is 48.7 Å². The second kappa shape index (κ2) is 10.9. The van der Waals surface area contributed by atoms with E-state index < -0.39 is 11.7 Å². The van der Waals surface area contributed by atoms with E-state index in [9.17, 15) is 14.4 Å². The van der Waals surface area contributed by atoms with Gasteiger partial charge in [-0.25, -0.2) is 0 Å². The molecule has 2 amide bonds. The van der Waals surface area contributed by atoms with Gasteiger partial charge in [0.05, 0.1) is 16.8 Å². The molecule has 0 radical (unpaired) electrons. The smallest absolute Gasteiger partial charge is 0.292 e. The van der Waals surface area contributed by atoms with Crippen molar-refractivity contribution in [1.82, 2.24) is 10.3 Å². The molecule has 0 saturated carbocycles. The molecule has 166 valence electrons. The van der Waals surface area contributed by atoms with Crippen LogP contribution in [-0.4, -0.2) is 35.7 Å². The van der Waals surface area contributed by atoms with E-state index in [4.69, 9.17) is 23.2 Å². The highest BCUT2D eigenvalue weighted by Gasteiger charge is 2.20. The van der Waals surface area contributed by atoms with Crippen LogP contribution in [0.25, 0.3) is 10.9 Å². The lowest BCUT2D eigenvalue weighted by Gasteiger charge is -2.11. The van der Waals surface area contributed by atoms with E-state index in [1.165, 1.54) is 25.1 Å². The van der Waals surface area contributed by atoms with Gasteiger partial charge in [0.2, 0.25) is 5.91 Å². The summed E-state index contributed by atoms with van der Waals surface area (Å²) in [6.45, 7) is 2.35. The van der Waals surface area contributed by atoms with Gasteiger partial charge in [0.1, 0.15) is 0 Å². The molecule has 0 aliphatic carbocycles. The van der Waals surface area contributed by atoms with Gasteiger partial charge in [-0.15, -0.1) is 0 Å². The van der Waals surface area contributed by atoms with Gasteiger partial charge in [-0.05, 0) is 55.3 Å². The van der Waals surface area contributed by atoms with Crippen LogP contribution in [0.4, 0.5) is 11.4 Å². The number of fused-ring (bicyclic) bond motifs is 1. The van der Waals surface area contributed by atoms with Crippen molar-refractivity contribution >= 4 is 63.1 Å². The number of nitrogens with zero attached hydrogens (tertiary/aromatic N) is 1. The Kier molecular flexibility index (Phi) is 8.03. The van der Waals surface area contributed by atoms with Crippen molar-refractivity contribution in [2.45, 2.75) is 19.8 Å². The van der Waals surface area contributed by atoms with Crippen LogP contribution >= 0.6 is 23.2 Å². The quantitative estimate of drug-likeness (QED) is 0.238. The summed E-state index contributed by atoms with van der Waals surface area (Å²) in [5.74, 6) is -1.85. The fraction of sp³-hybridized carbons (Fsp3) is 0.217. The van der Waals surface area contributed by atoms with Gasteiger partial charge in [0.15, 0.2) is 0 Å². The van der Waals surface area contributed by atoms with Gasteiger partial charge in [-0.3, -0.25) is 19.4 Å². The molecule has 0 saturated heterocycles. The molecule has 7 nitrogen and oxygen atoms in total. The average molecular weight is 473 g/mol. The highest BCUT2D eigenvalue weighted by atomic mass is 35.5. The first-order valence-electron chi connectivity index (χ1n) is 10.0. The summed E-state index contributed by atoms with van der Waals surface area (Å²) < 4.78 is 0. The zero-order chi connectivity index (χ0) is 23.1. The fourth-order valence-corrected chi connectivity index (χ4v) is 3.49. The van der Waals surface area contributed by atoms with Gasteiger partial charge in [-0.1, -0.05) is 23.2 Å². The number of ketones is 1. The lowest BCUT2D eigenvalue weighted by Crippen LogP contribution is -2.32. The molecule has 9 heteroatoms. The van der Waals surface area contributed by atoms with Crippen LogP contribution in [0.2, 0.25) is 10.0 Å². The Bertz CT molecular complexity index is 1170. The summed E-state index contributed by atoms with van der Waals surface area (Å²) >= 11 is 12.0. The van der Waals surface area contributed by atoms with Gasteiger partial charge in [0.25, 0.3) is 11.7 Å². The number of carbonyl (C=O) groups is 3. The van der Waals surface area contributed by atoms with E-state index in [2.05, 4.69) is 20.9 Å². The Labute approximate surface area is 195 Å². The molecule has 1 aromatic heterocycles. The number of benzene rings is 2. The minimum atomic E-state index is -0.753. The molecule has 0 aliphatic rings. The van der Waals surface area contributed by atoms with Crippen molar-refractivity contribution in [2.75, 3.05) is 23.7 Å². The molecular weight excluding hydrogens is 451 g/mol. The van der Waals surface area contributed by atoms with Crippen LogP contribution in [-0.2, 0) is 9.59 Å². The summed E-state index contributed by atoms with van der Waals surface area (Å²) in [7, 11) is 0. The Hall–Kier alpha value is -3.16. The fourth-order valence-electron chi connectivity index (χ4n) is 3.16. The van der Waals surface area contributed by atoms with Crippen molar-refractivity contribution < 1.29 is 14.4 Å². The second-order valence-corrected chi connectivity index (χ2v) is 7.98. The topological polar surface area (TPSA) is 100 Å². The van der Waals surface area contributed by atoms with Crippen molar-refractivity contribution in [3.05, 3.63) is 64.3 Å². The Morgan fingerprint density at radius 1 is 0.906 bits per heavy atom. The molecule has 1 heterocycles. The molecule has 0 atom stereocenters. The average Bonchev–Trinajstić information content (AvgIpc) is 2.76. The predicted octanol–water partition coefficient (Wildman–Crippen LogP) is 4.69. The van der Waals surface area contributed by atoms with E-state index in [1.54, 1.807) is 6.20 Å². The number of hydrogen-bond donors (Lipinski definition) is 3. The van der Waals surface area contributed by atoms with Crippen molar-refractivity contribution in [3.8, 4) is 0 Å². The van der Waals surface area contributed by atoms with Gasteiger partial charge in [-0.2, -0.15) is 0 Å². The highest BCUT2D eigenvalue weighted by molar-refractivity contribution is 6.44. The molecular formula is C23H22Cl2N4O3. The molecule has 0 bridgehead atoms. The number of unbranched alkanes of at least 4 members (excludes halogenated alkanes) is 1. The van der Waals surface area contributed by atoms with Crippen LogP contribution in [0.1, 0.15) is 30.1 Å². The summed E-state index contributed by atoms with van der Waals surface area (Å²) in [6.07, 6.45) is 3.17. The number of pyridine rings is 1. The molecule has 2 aromatic carbocycles. The Morgan fingerprint density at radius 3 is 2.41 bits per heavy atom. The first-order valence-corrected chi connectivity index (χ1v) is 10.8. The molecule has 0 aliphatic heterocycles. The molecule has 3 N–H and O–H groups in total. The third kappa shape index (κ3) is 6.18. The molecule has 0 fully saturated rings.